The Bertz CT molecular complexity index is 920. The van der Waals surface area contributed by atoms with Gasteiger partial charge in [0.15, 0.2) is 5.57 Å². The molecule has 8 nitrogen and oxygen atoms in total. The maximum Gasteiger partial charge on any atom is 0.323 e. The molecular formula is C17H11N5O3. The van der Waals surface area contributed by atoms with Gasteiger partial charge in [-0.1, -0.05) is 12.1 Å². The van der Waals surface area contributed by atoms with Crippen LogP contribution in [0.25, 0.3) is 5.57 Å². The zero-order chi connectivity index (χ0) is 18.6. The largest absolute Gasteiger partial charge is 0.480 e. The van der Waals surface area contributed by atoms with E-state index < -0.39 is 24.0 Å². The number of carbonyl (C=O) groups excluding carboxylic acids is 1. The lowest BCUT2D eigenvalue weighted by molar-refractivity contribution is -0.140. The molecule has 0 radical (unpaired) electrons. The predicted octanol–water partition coefficient (Wildman–Crippen LogP) is 1.23. The third-order valence-corrected chi connectivity index (χ3v) is 3.54. The summed E-state index contributed by atoms with van der Waals surface area (Å²) in [5.74, 6) is -2.07. The Morgan fingerprint density at radius 1 is 1.20 bits per heavy atom. The molecule has 1 heterocycles. The van der Waals surface area contributed by atoms with Crippen molar-refractivity contribution in [2.75, 3.05) is 18.9 Å². The molecular weight excluding hydrogens is 322 g/mol. The monoisotopic (exact) mass is 333 g/mol. The second kappa shape index (κ2) is 6.99. The van der Waals surface area contributed by atoms with Crippen molar-refractivity contribution in [2.45, 2.75) is 0 Å². The molecule has 0 aliphatic carbocycles. The second-order valence-corrected chi connectivity index (χ2v) is 4.92. The lowest BCUT2D eigenvalue weighted by Crippen LogP contribution is -2.32. The van der Waals surface area contributed by atoms with E-state index in [1.807, 2.05) is 6.07 Å². The van der Waals surface area contributed by atoms with Gasteiger partial charge in [-0.2, -0.15) is 15.8 Å². The molecule has 8 heteroatoms. The molecule has 1 aromatic carbocycles. The van der Waals surface area contributed by atoms with E-state index in [0.717, 1.165) is 10.6 Å². The first-order valence-electron chi connectivity index (χ1n) is 6.99. The number of carboxylic acids is 1. The number of nitrogens with one attached hydrogen (secondary N) is 1. The molecule has 0 bridgehead atoms. The lowest BCUT2D eigenvalue weighted by Gasteiger charge is -2.16. The van der Waals surface area contributed by atoms with Crippen LogP contribution in [0.5, 0.6) is 0 Å². The van der Waals surface area contributed by atoms with E-state index in [4.69, 9.17) is 15.6 Å². The highest BCUT2D eigenvalue weighted by Gasteiger charge is 2.39. The highest BCUT2D eigenvalue weighted by atomic mass is 16.4. The maximum atomic E-state index is 12.7. The highest BCUT2D eigenvalue weighted by Crippen LogP contribution is 2.37. The van der Waals surface area contributed by atoms with Gasteiger partial charge in [0, 0.05) is 12.7 Å². The molecule has 1 aliphatic heterocycles. The van der Waals surface area contributed by atoms with Crippen LogP contribution in [0.4, 0.5) is 5.69 Å². The zero-order valence-corrected chi connectivity index (χ0v) is 13.1. The van der Waals surface area contributed by atoms with Crippen LogP contribution in [0, 0.1) is 34.0 Å². The molecule has 1 aliphatic rings. The highest BCUT2D eigenvalue weighted by molar-refractivity contribution is 6.26. The molecule has 0 atom stereocenters. The van der Waals surface area contributed by atoms with Crippen molar-refractivity contribution in [3.05, 3.63) is 46.7 Å². The third-order valence-electron chi connectivity index (χ3n) is 3.54. The van der Waals surface area contributed by atoms with Gasteiger partial charge in [0.25, 0.3) is 5.91 Å². The normalized spacial score (nSPS) is 13.1. The van der Waals surface area contributed by atoms with Crippen LogP contribution in [0.2, 0.25) is 0 Å². The van der Waals surface area contributed by atoms with Crippen LogP contribution in [0.15, 0.2) is 41.1 Å². The quantitative estimate of drug-likeness (QED) is 0.789. The van der Waals surface area contributed by atoms with Gasteiger partial charge >= 0.3 is 5.97 Å². The minimum absolute atomic E-state index is 0.0376. The topological polar surface area (TPSA) is 141 Å². The number of allylic oxidation sites excluding steroid dienone is 2. The Hall–Kier alpha value is -4.09. The van der Waals surface area contributed by atoms with Crippen molar-refractivity contribution in [1.29, 1.82) is 15.8 Å². The van der Waals surface area contributed by atoms with Gasteiger partial charge < -0.3 is 10.4 Å². The van der Waals surface area contributed by atoms with Crippen LogP contribution >= 0.6 is 0 Å². The van der Waals surface area contributed by atoms with E-state index in [9.17, 15) is 14.9 Å². The molecule has 1 aromatic rings. The second-order valence-electron chi connectivity index (χ2n) is 4.92. The van der Waals surface area contributed by atoms with Gasteiger partial charge in [-0.3, -0.25) is 14.5 Å². The van der Waals surface area contributed by atoms with Crippen LogP contribution in [-0.2, 0) is 9.59 Å². The minimum Gasteiger partial charge on any atom is -0.480 e. The summed E-state index contributed by atoms with van der Waals surface area (Å²) in [6.45, 7) is -0.760. The molecule has 0 saturated carbocycles. The van der Waals surface area contributed by atoms with Crippen LogP contribution in [0.1, 0.15) is 5.56 Å². The standard InChI is InChI=1S/C17H11N5O3/c1-21-12-4-2-10(3-5-12)15-13(8-20)16(11(6-18)7-19)22(17(15)25)9-14(23)24/h2-5,21H,9H2,1H3,(H,23,24). The molecule has 0 unspecified atom stereocenters. The number of anilines is 1. The molecule has 2 rings (SSSR count). The predicted molar refractivity (Wildman–Crippen MR) is 86.1 cm³/mol. The number of hydrogen-bond acceptors (Lipinski definition) is 6. The van der Waals surface area contributed by atoms with Gasteiger partial charge in [0.05, 0.1) is 16.8 Å². The number of nitrogens with zero attached hydrogens (tertiary/aromatic N) is 4. The Kier molecular flexibility index (Phi) is 4.83. The SMILES string of the molecule is CNc1ccc(C2=C(C#N)C(=C(C#N)C#N)N(CC(=O)O)C2=O)cc1. The lowest BCUT2D eigenvalue weighted by atomic mass is 10.00. The van der Waals surface area contributed by atoms with Crippen LogP contribution in [-0.4, -0.2) is 35.5 Å². The molecule has 0 fully saturated rings. The Morgan fingerprint density at radius 2 is 1.80 bits per heavy atom. The first-order chi connectivity index (χ1) is 12.0. The maximum absolute atomic E-state index is 12.7. The van der Waals surface area contributed by atoms with Gasteiger partial charge in [0.1, 0.15) is 24.8 Å². The van der Waals surface area contributed by atoms with E-state index in [2.05, 4.69) is 5.32 Å². The summed E-state index contributed by atoms with van der Waals surface area (Å²) in [5, 5.41) is 39.6. The number of aliphatic carboxylic acids is 1. The smallest absolute Gasteiger partial charge is 0.323 e. The van der Waals surface area contributed by atoms with E-state index in [0.29, 0.717) is 5.56 Å². The fraction of sp³-hybridized carbons (Fsp3) is 0.118. The third kappa shape index (κ3) is 3.03. The van der Waals surface area contributed by atoms with Crippen molar-refractivity contribution >= 4 is 23.1 Å². The van der Waals surface area contributed by atoms with E-state index in [-0.39, 0.29) is 16.8 Å². The summed E-state index contributed by atoms with van der Waals surface area (Å²) in [6.07, 6.45) is 0. The van der Waals surface area contributed by atoms with Gasteiger partial charge in [-0.05, 0) is 17.7 Å². The number of carbonyl (C=O) groups is 2. The molecule has 122 valence electrons. The summed E-state index contributed by atoms with van der Waals surface area (Å²) < 4.78 is 0. The van der Waals surface area contributed by atoms with Crippen LogP contribution in [0.3, 0.4) is 0 Å². The van der Waals surface area contributed by atoms with Gasteiger partial charge in [0.2, 0.25) is 0 Å². The van der Waals surface area contributed by atoms with Crippen molar-refractivity contribution in [1.82, 2.24) is 4.90 Å². The molecule has 0 spiro atoms. The summed E-state index contributed by atoms with van der Waals surface area (Å²) >= 11 is 0. The molecule has 2 N–H and O–H groups in total. The fourth-order valence-electron chi connectivity index (χ4n) is 2.45. The summed E-state index contributed by atoms with van der Waals surface area (Å²) in [5.41, 5.74) is 0.175. The van der Waals surface area contributed by atoms with Crippen molar-refractivity contribution in [3.8, 4) is 18.2 Å². The minimum atomic E-state index is -1.33. The molecule has 0 saturated heterocycles. The average molecular weight is 333 g/mol. The Balaban J connectivity index is 2.74. The van der Waals surface area contributed by atoms with Crippen LogP contribution < -0.4 is 5.32 Å². The van der Waals surface area contributed by atoms with Crippen molar-refractivity contribution in [2.24, 2.45) is 0 Å². The number of amides is 1. The summed E-state index contributed by atoms with van der Waals surface area (Å²) in [7, 11) is 1.72. The average Bonchev–Trinajstić information content (AvgIpc) is 2.88. The zero-order valence-electron chi connectivity index (χ0n) is 13.1. The number of nitriles is 3. The van der Waals surface area contributed by atoms with Gasteiger partial charge in [-0.25, -0.2) is 0 Å². The molecule has 0 aromatic heterocycles. The summed E-state index contributed by atoms with van der Waals surface area (Å²) in [4.78, 5) is 24.5. The van der Waals surface area contributed by atoms with Gasteiger partial charge in [-0.15, -0.1) is 0 Å². The van der Waals surface area contributed by atoms with E-state index in [1.165, 1.54) is 0 Å². The fourth-order valence-corrected chi connectivity index (χ4v) is 2.45. The Labute approximate surface area is 143 Å². The number of benzene rings is 1. The van der Waals surface area contributed by atoms with E-state index in [1.54, 1.807) is 43.5 Å². The van der Waals surface area contributed by atoms with Crippen molar-refractivity contribution in [3.63, 3.8) is 0 Å². The molecule has 1 amide bonds. The Morgan fingerprint density at radius 3 is 2.24 bits per heavy atom. The first kappa shape index (κ1) is 17.3. The molecule has 25 heavy (non-hydrogen) atoms. The number of rotatable bonds is 4. The summed E-state index contributed by atoms with van der Waals surface area (Å²) in [6, 6.07) is 11.6. The first-order valence-corrected chi connectivity index (χ1v) is 6.99. The number of carboxylic acid groups (broad SMARTS) is 1. The van der Waals surface area contributed by atoms with E-state index >= 15 is 0 Å². The number of hydrogen-bond donors (Lipinski definition) is 2. The van der Waals surface area contributed by atoms with Crippen molar-refractivity contribution < 1.29 is 14.7 Å².